The average Bonchev–Trinajstić information content (AvgIpc) is 2.99. The fourth-order valence-corrected chi connectivity index (χ4v) is 3.73. The number of benzene rings is 2. The molecule has 6 nitrogen and oxygen atoms in total. The minimum absolute atomic E-state index is 0.214. The molecule has 0 spiro atoms. The number of nitrogens with zero attached hydrogens (tertiary/aromatic N) is 3. The van der Waals surface area contributed by atoms with Crippen LogP contribution in [0.3, 0.4) is 0 Å². The Labute approximate surface area is 168 Å². The molecule has 4 aromatic rings. The van der Waals surface area contributed by atoms with Crippen molar-refractivity contribution in [2.45, 2.75) is 6.42 Å². The van der Waals surface area contributed by atoms with Crippen LogP contribution in [-0.2, 0) is 6.42 Å². The highest BCUT2D eigenvalue weighted by Gasteiger charge is 2.11. The Morgan fingerprint density at radius 2 is 1.82 bits per heavy atom. The second-order valence-corrected chi connectivity index (χ2v) is 7.50. The van der Waals surface area contributed by atoms with Crippen molar-refractivity contribution in [2.75, 3.05) is 7.11 Å². The zero-order valence-corrected chi connectivity index (χ0v) is 16.3. The number of rotatable bonds is 4. The highest BCUT2D eigenvalue weighted by Crippen LogP contribution is 2.13. The van der Waals surface area contributed by atoms with Crippen LogP contribution in [0.5, 0.6) is 5.75 Å². The summed E-state index contributed by atoms with van der Waals surface area (Å²) in [5.74, 6) is 0.733. The number of hydrogen-bond acceptors (Lipinski definition) is 6. The summed E-state index contributed by atoms with van der Waals surface area (Å²) in [5.41, 5.74) is 1.18. The van der Waals surface area contributed by atoms with Gasteiger partial charge in [0.2, 0.25) is 4.96 Å². The summed E-state index contributed by atoms with van der Waals surface area (Å²) < 4.78 is 6.77. The minimum Gasteiger partial charge on any atom is -0.497 e. The van der Waals surface area contributed by atoms with Gasteiger partial charge in [-0.15, -0.1) is 0 Å². The molecule has 0 aliphatic rings. The van der Waals surface area contributed by atoms with Gasteiger partial charge in [-0.05, 0) is 41.5 Å². The number of fused-ring (bicyclic) bond motifs is 1. The minimum atomic E-state index is -0.438. The Bertz CT molecular complexity index is 1310. The highest BCUT2D eigenvalue weighted by atomic mass is 35.5. The highest BCUT2D eigenvalue weighted by molar-refractivity contribution is 7.15. The van der Waals surface area contributed by atoms with E-state index >= 15 is 0 Å². The molecule has 0 aliphatic carbocycles. The van der Waals surface area contributed by atoms with E-state index < -0.39 is 5.56 Å². The third-order valence-corrected chi connectivity index (χ3v) is 5.36. The zero-order valence-electron chi connectivity index (χ0n) is 14.8. The summed E-state index contributed by atoms with van der Waals surface area (Å²) in [6.07, 6.45) is 2.02. The van der Waals surface area contributed by atoms with Crippen LogP contribution >= 0.6 is 22.9 Å². The third-order valence-electron chi connectivity index (χ3n) is 4.15. The van der Waals surface area contributed by atoms with Gasteiger partial charge >= 0.3 is 0 Å². The smallest absolute Gasteiger partial charge is 0.296 e. The van der Waals surface area contributed by atoms with Crippen molar-refractivity contribution in [3.05, 3.63) is 95.6 Å². The summed E-state index contributed by atoms with van der Waals surface area (Å²) in [7, 11) is 1.59. The maximum Gasteiger partial charge on any atom is 0.296 e. The van der Waals surface area contributed by atoms with Gasteiger partial charge in [0.15, 0.2) is 0 Å². The topological polar surface area (TPSA) is 73.6 Å². The Hall–Kier alpha value is -3.03. The van der Waals surface area contributed by atoms with Gasteiger partial charge in [0.1, 0.15) is 11.4 Å². The summed E-state index contributed by atoms with van der Waals surface area (Å²) in [5, 5.41) is 4.86. The number of ether oxygens (including phenoxy) is 1. The van der Waals surface area contributed by atoms with Crippen LogP contribution in [0.2, 0.25) is 5.02 Å². The molecule has 2 aromatic heterocycles. The number of methoxy groups -OCH3 is 1. The van der Waals surface area contributed by atoms with E-state index in [4.69, 9.17) is 16.3 Å². The molecule has 2 aromatic carbocycles. The van der Waals surface area contributed by atoms with E-state index in [2.05, 4.69) is 10.1 Å². The van der Waals surface area contributed by atoms with E-state index in [9.17, 15) is 9.59 Å². The van der Waals surface area contributed by atoms with Crippen LogP contribution in [0.4, 0.5) is 0 Å². The van der Waals surface area contributed by atoms with Gasteiger partial charge in [-0.25, -0.2) is 0 Å². The molecule has 0 amide bonds. The summed E-state index contributed by atoms with van der Waals surface area (Å²) in [6.45, 7) is 0. The predicted octanol–water partition coefficient (Wildman–Crippen LogP) is 2.31. The number of hydrogen-bond donors (Lipinski definition) is 0. The molecule has 0 N–H and O–H groups in total. The molecule has 4 rings (SSSR count). The fraction of sp³-hybridized carbons (Fsp3) is 0.100. The van der Waals surface area contributed by atoms with Crippen LogP contribution in [0.15, 0.2) is 58.1 Å². The second kappa shape index (κ2) is 7.53. The molecule has 0 atom stereocenters. The summed E-state index contributed by atoms with van der Waals surface area (Å²) >= 11 is 7.02. The molecular weight excluding hydrogens is 398 g/mol. The lowest BCUT2D eigenvalue weighted by Crippen LogP contribution is -2.28. The van der Waals surface area contributed by atoms with Gasteiger partial charge in [0.05, 0.1) is 11.6 Å². The van der Waals surface area contributed by atoms with Gasteiger partial charge in [0, 0.05) is 11.4 Å². The van der Waals surface area contributed by atoms with Crippen molar-refractivity contribution in [1.29, 1.82) is 0 Å². The molecule has 140 valence electrons. The maximum absolute atomic E-state index is 12.7. The molecule has 28 heavy (non-hydrogen) atoms. The molecule has 8 heteroatoms. The first-order chi connectivity index (χ1) is 13.5. The monoisotopic (exact) mass is 411 g/mol. The lowest BCUT2D eigenvalue weighted by Gasteiger charge is -2.00. The number of halogens is 1. The molecule has 2 heterocycles. The molecule has 0 saturated carbocycles. The second-order valence-electron chi connectivity index (χ2n) is 6.05. The Morgan fingerprint density at radius 1 is 1.11 bits per heavy atom. The van der Waals surface area contributed by atoms with Crippen LogP contribution < -0.4 is 20.4 Å². The van der Waals surface area contributed by atoms with Gasteiger partial charge in [-0.3, -0.25) is 9.59 Å². The van der Waals surface area contributed by atoms with Crippen LogP contribution in [-0.4, -0.2) is 21.7 Å². The first-order valence-electron chi connectivity index (χ1n) is 8.36. The van der Waals surface area contributed by atoms with Crippen molar-refractivity contribution in [3.63, 3.8) is 0 Å². The number of aromatic nitrogens is 3. The maximum atomic E-state index is 12.7. The quantitative estimate of drug-likeness (QED) is 0.515. The fourth-order valence-electron chi connectivity index (χ4n) is 2.70. The van der Waals surface area contributed by atoms with Crippen LogP contribution in [0.25, 0.3) is 11.0 Å². The molecular formula is C20H14ClN3O3S. The lowest BCUT2D eigenvalue weighted by molar-refractivity contribution is 0.415. The number of thiazole rings is 1. The third kappa shape index (κ3) is 3.67. The lowest BCUT2D eigenvalue weighted by atomic mass is 10.1. The van der Waals surface area contributed by atoms with Crippen molar-refractivity contribution in [1.82, 2.24) is 14.6 Å². The van der Waals surface area contributed by atoms with E-state index in [1.54, 1.807) is 25.3 Å². The van der Waals surface area contributed by atoms with Crippen molar-refractivity contribution in [2.24, 2.45) is 0 Å². The van der Waals surface area contributed by atoms with Gasteiger partial charge < -0.3 is 4.74 Å². The van der Waals surface area contributed by atoms with Crippen molar-refractivity contribution < 1.29 is 4.74 Å². The normalized spacial score (nSPS) is 11.9. The van der Waals surface area contributed by atoms with E-state index in [1.165, 1.54) is 4.52 Å². The van der Waals surface area contributed by atoms with E-state index in [1.807, 2.05) is 36.4 Å². The van der Waals surface area contributed by atoms with Crippen molar-refractivity contribution in [3.8, 4) is 5.75 Å². The van der Waals surface area contributed by atoms with E-state index in [0.29, 0.717) is 9.55 Å². The van der Waals surface area contributed by atoms with Gasteiger partial charge in [-0.2, -0.15) is 14.6 Å². The van der Waals surface area contributed by atoms with Gasteiger partial charge in [-0.1, -0.05) is 47.2 Å². The zero-order chi connectivity index (χ0) is 19.7. The summed E-state index contributed by atoms with van der Waals surface area (Å²) in [6, 6.07) is 14.4. The molecule has 0 bridgehead atoms. The Morgan fingerprint density at radius 3 is 2.50 bits per heavy atom. The molecule has 0 fully saturated rings. The Balaban J connectivity index is 1.76. The predicted molar refractivity (Wildman–Crippen MR) is 109 cm³/mol. The Kier molecular flexibility index (Phi) is 4.93. The standard InChI is InChI=1S/C20H14ClN3O3S/c1-27-15-8-4-13(5-9-15)11-17-19(26)24-20(28-17)22-18(25)16(23-24)10-12-2-6-14(21)7-3-12/h2-9,11H,10H2,1H3/b17-11+. The van der Waals surface area contributed by atoms with E-state index in [-0.39, 0.29) is 22.6 Å². The molecule has 0 unspecified atom stereocenters. The van der Waals surface area contributed by atoms with E-state index in [0.717, 1.165) is 28.2 Å². The largest absolute Gasteiger partial charge is 0.497 e. The SMILES string of the molecule is COc1ccc(/C=c2/sc3nc(=O)c(Cc4ccc(Cl)cc4)nn3c2=O)cc1. The van der Waals surface area contributed by atoms with Crippen LogP contribution in [0, 0.1) is 0 Å². The van der Waals surface area contributed by atoms with Crippen molar-refractivity contribution >= 4 is 34.0 Å². The summed E-state index contributed by atoms with van der Waals surface area (Å²) in [4.78, 5) is 29.3. The van der Waals surface area contributed by atoms with Crippen LogP contribution in [0.1, 0.15) is 16.8 Å². The average molecular weight is 412 g/mol. The first kappa shape index (κ1) is 18.3. The molecule has 0 radical (unpaired) electrons. The first-order valence-corrected chi connectivity index (χ1v) is 9.56. The molecule has 0 saturated heterocycles. The van der Waals surface area contributed by atoms with Gasteiger partial charge in [0.25, 0.3) is 11.1 Å². The molecule has 0 aliphatic heterocycles.